The van der Waals surface area contributed by atoms with Gasteiger partial charge in [-0.25, -0.2) is 0 Å². The molecule has 0 saturated heterocycles. The number of Topliss-reactive ketones (excluding diaryl/α,β-unsaturated/α-hetero) is 1. The number of ketones is 1. The number of carbonyl (C=O) groups excluding carboxylic acids is 1. The second kappa shape index (κ2) is 7.20. The molecule has 1 aromatic rings. The summed E-state index contributed by atoms with van der Waals surface area (Å²) in [6.45, 7) is 0.716. The number of halogens is 3. The van der Waals surface area contributed by atoms with Crippen molar-refractivity contribution in [3.05, 3.63) is 57.1 Å². The maximum absolute atomic E-state index is 13.2. The molecule has 2 atom stereocenters. The average molecular weight is 363 g/mol. The lowest BCUT2D eigenvalue weighted by atomic mass is 9.79. The van der Waals surface area contributed by atoms with Crippen LogP contribution in [0.4, 0.5) is 13.2 Å². The first-order valence-corrected chi connectivity index (χ1v) is 6.55. The molecule has 25 heavy (non-hydrogen) atoms. The van der Waals surface area contributed by atoms with Crippen LogP contribution in [0.5, 0.6) is 0 Å². The predicted octanol–water partition coefficient (Wildman–Crippen LogP) is 2.64. The van der Waals surface area contributed by atoms with Gasteiger partial charge in [-0.15, -0.1) is 0 Å². The highest BCUT2D eigenvalue weighted by Gasteiger charge is 2.48. The van der Waals surface area contributed by atoms with E-state index < -0.39 is 57.5 Å². The normalized spacial score (nSPS) is 13.6. The molecule has 0 aliphatic rings. The van der Waals surface area contributed by atoms with Crippen LogP contribution in [0.3, 0.4) is 0 Å². The van der Waals surface area contributed by atoms with Crippen molar-refractivity contribution in [2.75, 3.05) is 0 Å². The van der Waals surface area contributed by atoms with Crippen LogP contribution < -0.4 is 0 Å². The van der Waals surface area contributed by atoms with Crippen molar-refractivity contribution in [1.29, 1.82) is 0 Å². The zero-order valence-electron chi connectivity index (χ0n) is 12.5. The van der Waals surface area contributed by atoms with E-state index in [9.17, 15) is 38.0 Å². The van der Waals surface area contributed by atoms with Crippen molar-refractivity contribution in [2.45, 2.75) is 19.0 Å². The van der Waals surface area contributed by atoms with Gasteiger partial charge in [-0.05, 0) is 18.6 Å². The third kappa shape index (κ3) is 4.25. The van der Waals surface area contributed by atoms with Gasteiger partial charge in [-0.3, -0.25) is 19.7 Å². The lowest BCUT2D eigenvalue weighted by Gasteiger charge is -2.23. The largest absolute Gasteiger partial charge is 0.481 e. The number of carboxylic acid groups (broad SMARTS) is 1. The van der Waals surface area contributed by atoms with Crippen molar-refractivity contribution in [2.24, 2.45) is 5.92 Å². The number of nitrogens with zero attached hydrogens (tertiary/aromatic N) is 1. The molecule has 11 heteroatoms. The Kier molecular flexibility index (Phi) is 5.74. The van der Waals surface area contributed by atoms with E-state index in [1.807, 2.05) is 0 Å². The first-order chi connectivity index (χ1) is 11.4. The van der Waals surface area contributed by atoms with E-state index in [1.54, 1.807) is 0 Å². The highest BCUT2D eigenvalue weighted by molar-refractivity contribution is 5.98. The van der Waals surface area contributed by atoms with Crippen LogP contribution in [0.1, 0.15) is 24.0 Å². The summed E-state index contributed by atoms with van der Waals surface area (Å²) in [5.74, 6) is -9.84. The Labute approximate surface area is 138 Å². The average Bonchev–Trinajstić information content (AvgIpc) is 2.44. The number of aliphatic hydroxyl groups is 2. The highest BCUT2D eigenvalue weighted by Crippen LogP contribution is 2.41. The quantitative estimate of drug-likeness (QED) is 0.306. The maximum atomic E-state index is 13.2. The maximum Gasteiger partial charge on any atom is 0.416 e. The van der Waals surface area contributed by atoms with Crippen LogP contribution >= 0.6 is 0 Å². The van der Waals surface area contributed by atoms with Gasteiger partial charge < -0.3 is 15.3 Å². The van der Waals surface area contributed by atoms with Crippen molar-refractivity contribution >= 4 is 11.8 Å². The molecule has 136 valence electrons. The van der Waals surface area contributed by atoms with Gasteiger partial charge in [-0.1, -0.05) is 18.2 Å². The Bertz CT molecular complexity index is 724. The summed E-state index contributed by atoms with van der Waals surface area (Å²) in [6.07, 6.45) is -5.03. The monoisotopic (exact) mass is 363 g/mol. The number of hydrogen-bond donors (Lipinski definition) is 3. The van der Waals surface area contributed by atoms with Crippen molar-refractivity contribution in [1.82, 2.24) is 0 Å². The molecule has 8 nitrogen and oxygen atoms in total. The first-order valence-electron chi connectivity index (χ1n) is 6.55. The zero-order chi connectivity index (χ0) is 19.5. The fourth-order valence-electron chi connectivity index (χ4n) is 2.40. The molecule has 0 saturated carbocycles. The molecule has 3 N–H and O–H groups in total. The molecule has 0 aliphatic heterocycles. The SMILES string of the molecule is CC(=O)C(C(=O)O)C(C(=C(O)O)[N+](=O)[O-])c1ccccc1C(F)(F)F. The molecular weight excluding hydrogens is 351 g/mol. The van der Waals surface area contributed by atoms with Gasteiger partial charge in [0.25, 0.3) is 0 Å². The van der Waals surface area contributed by atoms with E-state index in [0.717, 1.165) is 18.2 Å². The summed E-state index contributed by atoms with van der Waals surface area (Å²) in [7, 11) is 0. The van der Waals surface area contributed by atoms with Gasteiger partial charge in [-0.2, -0.15) is 13.2 Å². The molecule has 0 aliphatic carbocycles. The fourth-order valence-corrected chi connectivity index (χ4v) is 2.40. The lowest BCUT2D eigenvalue weighted by molar-refractivity contribution is -0.436. The number of benzene rings is 1. The molecule has 0 radical (unpaired) electrons. The number of rotatable bonds is 6. The Morgan fingerprint density at radius 3 is 2.04 bits per heavy atom. The van der Waals surface area contributed by atoms with E-state index in [-0.39, 0.29) is 0 Å². The lowest BCUT2D eigenvalue weighted by Crippen LogP contribution is -2.33. The van der Waals surface area contributed by atoms with Gasteiger partial charge in [0.15, 0.2) is 0 Å². The molecule has 0 aromatic heterocycles. The minimum Gasteiger partial charge on any atom is -0.481 e. The van der Waals surface area contributed by atoms with Crippen LogP contribution in [-0.2, 0) is 15.8 Å². The molecular formula is C14H12F3NO7. The summed E-state index contributed by atoms with van der Waals surface area (Å²) < 4.78 is 39.6. The fraction of sp³-hybridized carbons (Fsp3) is 0.286. The second-order valence-corrected chi connectivity index (χ2v) is 4.96. The van der Waals surface area contributed by atoms with Gasteiger partial charge in [0.2, 0.25) is 0 Å². The summed E-state index contributed by atoms with van der Waals surface area (Å²) in [6, 6.07) is 3.27. The number of carbonyl (C=O) groups is 2. The van der Waals surface area contributed by atoms with Crippen molar-refractivity contribution in [3.8, 4) is 0 Å². The Hall–Kier alpha value is -3.11. The molecule has 0 bridgehead atoms. The number of aliphatic carboxylic acids is 1. The van der Waals surface area contributed by atoms with E-state index >= 15 is 0 Å². The Morgan fingerprint density at radius 1 is 1.16 bits per heavy atom. The number of carboxylic acids is 1. The second-order valence-electron chi connectivity index (χ2n) is 4.96. The van der Waals surface area contributed by atoms with Gasteiger partial charge in [0, 0.05) is 0 Å². The summed E-state index contributed by atoms with van der Waals surface area (Å²) >= 11 is 0. The number of alkyl halides is 3. The highest BCUT2D eigenvalue weighted by atomic mass is 19.4. The van der Waals surface area contributed by atoms with Crippen molar-refractivity contribution < 1.29 is 43.0 Å². The number of allylic oxidation sites excluding steroid dienone is 1. The van der Waals surface area contributed by atoms with E-state index in [4.69, 9.17) is 10.2 Å². The molecule has 0 heterocycles. The van der Waals surface area contributed by atoms with Crippen LogP contribution in [0.25, 0.3) is 0 Å². The van der Waals surface area contributed by atoms with Crippen LogP contribution in [0.15, 0.2) is 35.9 Å². The molecule has 1 rings (SSSR count). The smallest absolute Gasteiger partial charge is 0.416 e. The number of nitro groups is 1. The van der Waals surface area contributed by atoms with Crippen LogP contribution in [0, 0.1) is 16.0 Å². The molecule has 0 fully saturated rings. The summed E-state index contributed by atoms with van der Waals surface area (Å²) in [4.78, 5) is 32.7. The van der Waals surface area contributed by atoms with Crippen LogP contribution in [0.2, 0.25) is 0 Å². The van der Waals surface area contributed by atoms with Gasteiger partial charge in [0.1, 0.15) is 17.6 Å². The minimum absolute atomic E-state index is 0.535. The van der Waals surface area contributed by atoms with Crippen molar-refractivity contribution in [3.63, 3.8) is 0 Å². The van der Waals surface area contributed by atoms with E-state index in [1.165, 1.54) is 0 Å². The van der Waals surface area contributed by atoms with Gasteiger partial charge in [0.05, 0.1) is 10.5 Å². The molecule has 0 amide bonds. The minimum atomic E-state index is -5.03. The number of aliphatic hydroxyl groups excluding tert-OH is 1. The Balaban J connectivity index is 3.88. The predicted molar refractivity (Wildman–Crippen MR) is 75.3 cm³/mol. The molecule has 1 aromatic carbocycles. The Morgan fingerprint density at radius 2 is 1.68 bits per heavy atom. The van der Waals surface area contributed by atoms with Gasteiger partial charge >= 0.3 is 23.8 Å². The molecule has 2 unspecified atom stereocenters. The zero-order valence-corrected chi connectivity index (χ0v) is 12.5. The standard InChI is InChI=1S/C14H12F3NO7/c1-6(19)9(12(20)21)10(11(13(22)23)18(24)25)7-4-2-3-5-8(7)14(15,16)17/h2-5,9-10,22-23H,1H3,(H,20,21). The van der Waals surface area contributed by atoms with E-state index in [0.29, 0.717) is 13.0 Å². The van der Waals surface area contributed by atoms with E-state index in [2.05, 4.69) is 0 Å². The van der Waals surface area contributed by atoms with Crippen LogP contribution in [-0.4, -0.2) is 32.0 Å². The first kappa shape index (κ1) is 19.9. The molecule has 0 spiro atoms. The summed E-state index contributed by atoms with van der Waals surface area (Å²) in [5, 5.41) is 38.5. The number of hydrogen-bond acceptors (Lipinski definition) is 6. The third-order valence-electron chi connectivity index (χ3n) is 3.36. The summed E-state index contributed by atoms with van der Waals surface area (Å²) in [5.41, 5.74) is -4.00. The third-order valence-corrected chi connectivity index (χ3v) is 3.36. The topological polar surface area (TPSA) is 138 Å².